The van der Waals surface area contributed by atoms with Gasteiger partial charge in [-0.1, -0.05) is 34.1 Å². The fourth-order valence-corrected chi connectivity index (χ4v) is 3.79. The van der Waals surface area contributed by atoms with Crippen LogP contribution in [0, 0.1) is 0 Å². The summed E-state index contributed by atoms with van der Waals surface area (Å²) in [4.78, 5) is 16.4. The number of nitrogens with one attached hydrogen (secondary N) is 1. The van der Waals surface area contributed by atoms with Crippen LogP contribution >= 0.6 is 39.7 Å². The summed E-state index contributed by atoms with van der Waals surface area (Å²) in [7, 11) is 0. The number of nitrogens with two attached hydrogens (primary N) is 1. The second kappa shape index (κ2) is 7.08. The van der Waals surface area contributed by atoms with Crippen molar-refractivity contribution in [2.45, 2.75) is 24.8 Å². The SMILES string of the molecule is Cl.NCc1nc(C(=O)NCC2(c3ccccc3Br)CC2)cs1. The lowest BCUT2D eigenvalue weighted by Crippen LogP contribution is -2.32. The summed E-state index contributed by atoms with van der Waals surface area (Å²) in [6.45, 7) is 1.02. The summed E-state index contributed by atoms with van der Waals surface area (Å²) < 4.78 is 1.11. The van der Waals surface area contributed by atoms with Gasteiger partial charge in [0.15, 0.2) is 0 Å². The quantitative estimate of drug-likeness (QED) is 0.806. The molecule has 1 aliphatic carbocycles. The van der Waals surface area contributed by atoms with Gasteiger partial charge < -0.3 is 11.1 Å². The minimum atomic E-state index is -0.121. The normalized spacial score (nSPS) is 15.0. The van der Waals surface area contributed by atoms with E-state index in [1.165, 1.54) is 16.9 Å². The summed E-state index contributed by atoms with van der Waals surface area (Å²) in [6.07, 6.45) is 2.20. The first-order valence-electron chi connectivity index (χ1n) is 6.82. The Hall–Kier alpha value is -0.950. The van der Waals surface area contributed by atoms with Crippen molar-refractivity contribution in [3.63, 3.8) is 0 Å². The lowest BCUT2D eigenvalue weighted by atomic mass is 9.96. The summed E-state index contributed by atoms with van der Waals surface area (Å²) in [5, 5.41) is 5.55. The van der Waals surface area contributed by atoms with Crippen LogP contribution in [0.3, 0.4) is 0 Å². The smallest absolute Gasteiger partial charge is 0.270 e. The molecule has 1 fully saturated rings. The van der Waals surface area contributed by atoms with Gasteiger partial charge in [-0.25, -0.2) is 4.98 Å². The number of amides is 1. The number of carbonyl (C=O) groups excluding carboxylic acids is 1. The van der Waals surface area contributed by atoms with Crippen molar-refractivity contribution in [1.29, 1.82) is 0 Å². The van der Waals surface area contributed by atoms with E-state index in [2.05, 4.69) is 32.3 Å². The van der Waals surface area contributed by atoms with E-state index in [0.29, 0.717) is 18.8 Å². The topological polar surface area (TPSA) is 68.0 Å². The lowest BCUT2D eigenvalue weighted by molar-refractivity contribution is 0.0945. The molecule has 1 aromatic carbocycles. The Labute approximate surface area is 148 Å². The Morgan fingerprint density at radius 3 is 2.73 bits per heavy atom. The number of halogens is 2. The van der Waals surface area contributed by atoms with Gasteiger partial charge in [0.1, 0.15) is 10.7 Å². The predicted molar refractivity (Wildman–Crippen MR) is 94.6 cm³/mol. The molecule has 3 rings (SSSR count). The van der Waals surface area contributed by atoms with Crippen molar-refractivity contribution < 1.29 is 4.79 Å². The van der Waals surface area contributed by atoms with Crippen molar-refractivity contribution in [3.8, 4) is 0 Å². The first-order chi connectivity index (χ1) is 10.1. The maximum atomic E-state index is 12.1. The van der Waals surface area contributed by atoms with E-state index in [-0.39, 0.29) is 23.7 Å². The van der Waals surface area contributed by atoms with E-state index in [1.54, 1.807) is 5.38 Å². The van der Waals surface area contributed by atoms with Gasteiger partial charge in [-0.15, -0.1) is 23.7 Å². The van der Waals surface area contributed by atoms with Gasteiger partial charge in [-0.2, -0.15) is 0 Å². The van der Waals surface area contributed by atoms with Crippen molar-refractivity contribution in [1.82, 2.24) is 10.3 Å². The van der Waals surface area contributed by atoms with Gasteiger partial charge in [0.25, 0.3) is 5.91 Å². The fourth-order valence-electron chi connectivity index (χ4n) is 2.43. The van der Waals surface area contributed by atoms with Crippen LogP contribution in [0.5, 0.6) is 0 Å². The van der Waals surface area contributed by atoms with Gasteiger partial charge in [-0.05, 0) is 24.5 Å². The van der Waals surface area contributed by atoms with Crippen LogP contribution in [-0.2, 0) is 12.0 Å². The zero-order valence-electron chi connectivity index (χ0n) is 11.8. The molecule has 1 aliphatic rings. The molecular formula is C15H17BrClN3OS. The van der Waals surface area contributed by atoms with Gasteiger partial charge >= 0.3 is 0 Å². The number of rotatable bonds is 5. The van der Waals surface area contributed by atoms with Gasteiger partial charge in [0, 0.05) is 28.4 Å². The number of nitrogens with zero attached hydrogens (tertiary/aromatic N) is 1. The third-order valence-electron chi connectivity index (χ3n) is 3.85. The molecule has 1 aromatic heterocycles. The van der Waals surface area contributed by atoms with Crippen LogP contribution in [0.1, 0.15) is 33.9 Å². The molecule has 1 heterocycles. The molecule has 0 aliphatic heterocycles. The Kier molecular flexibility index (Phi) is 5.60. The van der Waals surface area contributed by atoms with Crippen LogP contribution in [0.2, 0.25) is 0 Å². The van der Waals surface area contributed by atoms with Gasteiger partial charge in [0.05, 0.1) is 0 Å². The van der Waals surface area contributed by atoms with Crippen LogP contribution in [0.4, 0.5) is 0 Å². The molecule has 1 amide bonds. The molecule has 118 valence electrons. The molecule has 0 bridgehead atoms. The molecular weight excluding hydrogens is 386 g/mol. The molecule has 22 heavy (non-hydrogen) atoms. The number of benzene rings is 1. The molecule has 3 N–H and O–H groups in total. The minimum Gasteiger partial charge on any atom is -0.350 e. The molecule has 0 atom stereocenters. The van der Waals surface area contributed by atoms with E-state index in [0.717, 1.165) is 22.3 Å². The highest BCUT2D eigenvalue weighted by molar-refractivity contribution is 9.10. The molecule has 0 saturated heterocycles. The largest absolute Gasteiger partial charge is 0.350 e. The predicted octanol–water partition coefficient (Wildman–Crippen LogP) is 3.25. The van der Waals surface area contributed by atoms with E-state index in [4.69, 9.17) is 5.73 Å². The molecule has 2 aromatic rings. The van der Waals surface area contributed by atoms with Gasteiger partial charge in [-0.3, -0.25) is 4.79 Å². The molecule has 7 heteroatoms. The number of thiazole rings is 1. The van der Waals surface area contributed by atoms with E-state index < -0.39 is 0 Å². The molecule has 1 saturated carbocycles. The van der Waals surface area contributed by atoms with Crippen LogP contribution < -0.4 is 11.1 Å². The van der Waals surface area contributed by atoms with Crippen molar-refractivity contribution in [3.05, 3.63) is 50.4 Å². The van der Waals surface area contributed by atoms with Gasteiger partial charge in [0.2, 0.25) is 0 Å². The molecule has 4 nitrogen and oxygen atoms in total. The van der Waals surface area contributed by atoms with Crippen LogP contribution in [0.25, 0.3) is 0 Å². The van der Waals surface area contributed by atoms with E-state index in [1.807, 2.05) is 18.2 Å². The molecule has 0 spiro atoms. The van der Waals surface area contributed by atoms with E-state index in [9.17, 15) is 4.79 Å². The zero-order chi connectivity index (χ0) is 14.9. The molecule has 0 unspecified atom stereocenters. The summed E-state index contributed by atoms with van der Waals surface area (Å²) in [5.74, 6) is -0.121. The minimum absolute atomic E-state index is 0. The number of hydrogen-bond acceptors (Lipinski definition) is 4. The van der Waals surface area contributed by atoms with Crippen LogP contribution in [-0.4, -0.2) is 17.4 Å². The maximum Gasteiger partial charge on any atom is 0.270 e. The number of hydrogen-bond donors (Lipinski definition) is 2. The highest BCUT2D eigenvalue weighted by Crippen LogP contribution is 2.49. The summed E-state index contributed by atoms with van der Waals surface area (Å²) >= 11 is 5.02. The first kappa shape index (κ1) is 17.4. The second-order valence-electron chi connectivity index (χ2n) is 5.27. The van der Waals surface area contributed by atoms with Crippen molar-refractivity contribution in [2.75, 3.05) is 6.54 Å². The Balaban J connectivity index is 0.00000176. The zero-order valence-corrected chi connectivity index (χ0v) is 15.1. The lowest BCUT2D eigenvalue weighted by Gasteiger charge is -2.17. The second-order valence-corrected chi connectivity index (χ2v) is 7.07. The molecule has 0 radical (unpaired) electrons. The first-order valence-corrected chi connectivity index (χ1v) is 8.49. The monoisotopic (exact) mass is 401 g/mol. The van der Waals surface area contributed by atoms with E-state index >= 15 is 0 Å². The highest BCUT2D eigenvalue weighted by Gasteiger charge is 2.45. The maximum absolute atomic E-state index is 12.1. The van der Waals surface area contributed by atoms with Crippen molar-refractivity contribution in [2.24, 2.45) is 5.73 Å². The average Bonchev–Trinajstić information content (AvgIpc) is 3.12. The Morgan fingerprint density at radius 2 is 2.14 bits per heavy atom. The van der Waals surface area contributed by atoms with Crippen LogP contribution in [0.15, 0.2) is 34.1 Å². The Bertz CT molecular complexity index is 672. The third kappa shape index (κ3) is 3.51. The third-order valence-corrected chi connectivity index (χ3v) is 5.41. The summed E-state index contributed by atoms with van der Waals surface area (Å²) in [6, 6.07) is 8.21. The number of carbonyl (C=O) groups is 1. The standard InChI is InChI=1S/C15H16BrN3OS.ClH/c16-11-4-2-1-3-10(11)15(5-6-15)9-18-14(20)12-8-21-13(7-17)19-12;/h1-4,8H,5-7,9,17H2,(H,18,20);1H. The highest BCUT2D eigenvalue weighted by atomic mass is 79.9. The Morgan fingerprint density at radius 1 is 1.41 bits per heavy atom. The fraction of sp³-hybridized carbons (Fsp3) is 0.333. The number of aromatic nitrogens is 1. The van der Waals surface area contributed by atoms with Crippen molar-refractivity contribution >= 4 is 45.6 Å². The average molecular weight is 403 g/mol. The summed E-state index contributed by atoms with van der Waals surface area (Å²) in [5.41, 5.74) is 7.32.